The van der Waals surface area contributed by atoms with Crippen molar-refractivity contribution in [1.29, 1.82) is 0 Å². The third-order valence-electron chi connectivity index (χ3n) is 4.45. The Balaban J connectivity index is 1.62. The van der Waals surface area contributed by atoms with Gasteiger partial charge in [0.25, 0.3) is 0 Å². The number of rotatable bonds is 8. The van der Waals surface area contributed by atoms with Crippen molar-refractivity contribution in [3.63, 3.8) is 0 Å². The predicted molar refractivity (Wildman–Crippen MR) is 108 cm³/mol. The van der Waals surface area contributed by atoms with Gasteiger partial charge in [-0.05, 0) is 35.1 Å². The van der Waals surface area contributed by atoms with Crippen LogP contribution in [-0.2, 0) is 17.8 Å². The highest BCUT2D eigenvalue weighted by molar-refractivity contribution is 7.10. The van der Waals surface area contributed by atoms with Gasteiger partial charge in [-0.15, -0.1) is 11.3 Å². The number of carbonyl (C=O) groups is 1. The smallest absolute Gasteiger partial charge is 0.234 e. The molecular weight excluding hydrogens is 359 g/mol. The second-order valence-corrected chi connectivity index (χ2v) is 7.27. The Morgan fingerprint density at radius 3 is 2.52 bits per heavy atom. The summed E-state index contributed by atoms with van der Waals surface area (Å²) >= 11 is 1.66. The van der Waals surface area contributed by atoms with Gasteiger partial charge in [-0.2, -0.15) is 0 Å². The van der Waals surface area contributed by atoms with E-state index < -0.39 is 0 Å². The molecule has 0 aliphatic rings. The molecule has 0 aliphatic carbocycles. The number of hydrogen-bond acceptors (Lipinski definition) is 3. The molecule has 0 aliphatic heterocycles. The first-order valence-electron chi connectivity index (χ1n) is 9.03. The summed E-state index contributed by atoms with van der Waals surface area (Å²) in [6, 6.07) is 18.9. The molecule has 0 fully saturated rings. The molecule has 1 aromatic heterocycles. The van der Waals surface area contributed by atoms with E-state index in [0.29, 0.717) is 5.56 Å². The average Bonchev–Trinajstić information content (AvgIpc) is 3.22. The number of amides is 1. The number of carbonyl (C=O) groups excluding carboxylic acids is 1. The van der Waals surface area contributed by atoms with Gasteiger partial charge in [0.2, 0.25) is 5.91 Å². The zero-order valence-electron chi connectivity index (χ0n) is 15.2. The SMILES string of the molecule is CCc1ccc([C@H](NCC(=O)NCc2ccccc2F)c2cccs2)cc1. The van der Waals surface area contributed by atoms with Crippen LogP contribution in [0.25, 0.3) is 0 Å². The van der Waals surface area contributed by atoms with Crippen molar-refractivity contribution in [2.24, 2.45) is 0 Å². The van der Waals surface area contributed by atoms with Crippen molar-refractivity contribution in [3.8, 4) is 0 Å². The highest BCUT2D eigenvalue weighted by Crippen LogP contribution is 2.26. The summed E-state index contributed by atoms with van der Waals surface area (Å²) in [4.78, 5) is 13.4. The standard InChI is InChI=1S/C22H23FN2OS/c1-2-16-9-11-17(12-10-16)22(20-8-5-13-27-20)25-15-21(26)24-14-18-6-3-4-7-19(18)23/h3-13,22,25H,2,14-15H2,1H3,(H,24,26)/t22-/m0/s1. The van der Waals surface area contributed by atoms with Crippen LogP contribution < -0.4 is 10.6 Å². The Bertz CT molecular complexity index is 862. The van der Waals surface area contributed by atoms with E-state index >= 15 is 0 Å². The van der Waals surface area contributed by atoms with Crippen molar-refractivity contribution in [3.05, 3.63) is 93.4 Å². The van der Waals surface area contributed by atoms with Gasteiger partial charge >= 0.3 is 0 Å². The molecule has 1 amide bonds. The minimum Gasteiger partial charge on any atom is -0.351 e. The highest BCUT2D eigenvalue weighted by Gasteiger charge is 2.16. The second-order valence-electron chi connectivity index (χ2n) is 6.29. The fourth-order valence-electron chi connectivity index (χ4n) is 2.88. The minimum atomic E-state index is -0.307. The van der Waals surface area contributed by atoms with Gasteiger partial charge in [0, 0.05) is 17.0 Å². The maximum Gasteiger partial charge on any atom is 0.234 e. The number of nitrogens with one attached hydrogen (secondary N) is 2. The van der Waals surface area contributed by atoms with E-state index in [2.05, 4.69) is 47.9 Å². The van der Waals surface area contributed by atoms with E-state index in [4.69, 9.17) is 0 Å². The van der Waals surface area contributed by atoms with Gasteiger partial charge < -0.3 is 5.32 Å². The lowest BCUT2D eigenvalue weighted by atomic mass is 10.0. The molecule has 3 nitrogen and oxygen atoms in total. The molecule has 0 unspecified atom stereocenters. The van der Waals surface area contributed by atoms with E-state index in [9.17, 15) is 9.18 Å². The van der Waals surface area contributed by atoms with Gasteiger partial charge in [0.1, 0.15) is 5.82 Å². The lowest BCUT2D eigenvalue weighted by Gasteiger charge is -2.18. The summed E-state index contributed by atoms with van der Waals surface area (Å²) in [5.74, 6) is -0.469. The van der Waals surface area contributed by atoms with Crippen molar-refractivity contribution >= 4 is 17.2 Å². The molecule has 5 heteroatoms. The third kappa shape index (κ3) is 5.25. The number of hydrogen-bond donors (Lipinski definition) is 2. The first kappa shape index (κ1) is 19.3. The maximum absolute atomic E-state index is 13.7. The quantitative estimate of drug-likeness (QED) is 0.605. The predicted octanol–water partition coefficient (Wildman–Crippen LogP) is 4.45. The van der Waals surface area contributed by atoms with E-state index in [1.54, 1.807) is 29.5 Å². The molecule has 2 aromatic carbocycles. The largest absolute Gasteiger partial charge is 0.351 e. The number of halogens is 1. The first-order valence-corrected chi connectivity index (χ1v) is 9.91. The Kier molecular flexibility index (Phi) is 6.74. The van der Waals surface area contributed by atoms with Gasteiger partial charge in [-0.1, -0.05) is 55.5 Å². The molecule has 1 heterocycles. The molecule has 0 radical (unpaired) electrons. The van der Waals surface area contributed by atoms with E-state index in [-0.39, 0.29) is 30.9 Å². The molecule has 140 valence electrons. The summed E-state index contributed by atoms with van der Waals surface area (Å²) in [5, 5.41) is 8.13. The van der Waals surface area contributed by atoms with Crippen LogP contribution in [-0.4, -0.2) is 12.5 Å². The summed E-state index contributed by atoms with van der Waals surface area (Å²) in [6.45, 7) is 2.47. The lowest BCUT2D eigenvalue weighted by Crippen LogP contribution is -2.35. The molecule has 0 bridgehead atoms. The molecule has 0 saturated heterocycles. The Morgan fingerprint density at radius 1 is 1.07 bits per heavy atom. The summed E-state index contributed by atoms with van der Waals surface area (Å²) in [6.07, 6.45) is 0.996. The lowest BCUT2D eigenvalue weighted by molar-refractivity contribution is -0.120. The van der Waals surface area contributed by atoms with E-state index in [0.717, 1.165) is 16.9 Å². The molecule has 0 spiro atoms. The minimum absolute atomic E-state index is 0.0462. The van der Waals surface area contributed by atoms with Crippen LogP contribution in [0, 0.1) is 5.82 Å². The van der Waals surface area contributed by atoms with E-state index in [1.807, 2.05) is 11.4 Å². The van der Waals surface area contributed by atoms with Gasteiger partial charge in [-0.3, -0.25) is 10.1 Å². The first-order chi connectivity index (χ1) is 13.2. The molecule has 1 atom stereocenters. The van der Waals surface area contributed by atoms with E-state index in [1.165, 1.54) is 11.6 Å². The molecule has 3 rings (SSSR count). The maximum atomic E-state index is 13.7. The number of benzene rings is 2. The topological polar surface area (TPSA) is 41.1 Å². The van der Waals surface area contributed by atoms with Crippen LogP contribution in [0.5, 0.6) is 0 Å². The Hall–Kier alpha value is -2.50. The van der Waals surface area contributed by atoms with Crippen molar-refractivity contribution in [2.75, 3.05) is 6.54 Å². The normalized spacial score (nSPS) is 11.9. The van der Waals surface area contributed by atoms with Crippen molar-refractivity contribution in [2.45, 2.75) is 25.9 Å². The zero-order valence-corrected chi connectivity index (χ0v) is 16.1. The van der Waals surface area contributed by atoms with Crippen LogP contribution in [0.3, 0.4) is 0 Å². The fraction of sp³-hybridized carbons (Fsp3) is 0.227. The second kappa shape index (κ2) is 9.44. The van der Waals surface area contributed by atoms with Crippen LogP contribution in [0.2, 0.25) is 0 Å². The Labute approximate surface area is 163 Å². The molecule has 0 saturated carbocycles. The van der Waals surface area contributed by atoms with Gasteiger partial charge in [-0.25, -0.2) is 4.39 Å². The monoisotopic (exact) mass is 382 g/mol. The fourth-order valence-corrected chi connectivity index (χ4v) is 3.70. The van der Waals surface area contributed by atoms with Crippen LogP contribution in [0.15, 0.2) is 66.0 Å². The highest BCUT2D eigenvalue weighted by atomic mass is 32.1. The van der Waals surface area contributed by atoms with Crippen LogP contribution in [0.4, 0.5) is 4.39 Å². The summed E-state index contributed by atoms with van der Waals surface area (Å²) < 4.78 is 13.7. The molecule has 3 aromatic rings. The average molecular weight is 383 g/mol. The summed E-state index contributed by atoms with van der Waals surface area (Å²) in [5.41, 5.74) is 2.89. The molecule has 27 heavy (non-hydrogen) atoms. The van der Waals surface area contributed by atoms with Crippen LogP contribution in [0.1, 0.15) is 34.5 Å². The third-order valence-corrected chi connectivity index (χ3v) is 5.39. The van der Waals surface area contributed by atoms with Gasteiger partial charge in [0.05, 0.1) is 12.6 Å². The van der Waals surface area contributed by atoms with Crippen molar-refractivity contribution < 1.29 is 9.18 Å². The number of aryl methyl sites for hydroxylation is 1. The Morgan fingerprint density at radius 2 is 1.85 bits per heavy atom. The molecular formula is C22H23FN2OS. The summed E-state index contributed by atoms with van der Waals surface area (Å²) in [7, 11) is 0. The van der Waals surface area contributed by atoms with Crippen molar-refractivity contribution in [1.82, 2.24) is 10.6 Å². The van der Waals surface area contributed by atoms with Gasteiger partial charge in [0.15, 0.2) is 0 Å². The zero-order chi connectivity index (χ0) is 19.1. The molecule has 2 N–H and O–H groups in total. The van der Waals surface area contributed by atoms with Crippen LogP contribution >= 0.6 is 11.3 Å². The number of thiophene rings is 1.